The lowest BCUT2D eigenvalue weighted by Crippen LogP contribution is -2.30. The second kappa shape index (κ2) is 9.06. The minimum Gasteiger partial charge on any atom is -0.497 e. The van der Waals surface area contributed by atoms with E-state index in [2.05, 4.69) is 16.4 Å². The van der Waals surface area contributed by atoms with Gasteiger partial charge in [0.25, 0.3) is 0 Å². The van der Waals surface area contributed by atoms with Crippen LogP contribution in [-0.4, -0.2) is 24.5 Å². The van der Waals surface area contributed by atoms with Crippen LogP contribution in [-0.2, 0) is 11.2 Å². The first-order valence-corrected chi connectivity index (χ1v) is 10.2. The first kappa shape index (κ1) is 20.0. The second-order valence-corrected chi connectivity index (χ2v) is 7.60. The molecule has 1 aromatic heterocycles. The molecular formula is C25H23ClN2O2. The molecule has 0 saturated heterocycles. The lowest BCUT2D eigenvalue weighted by atomic mass is 9.90. The van der Waals surface area contributed by atoms with Gasteiger partial charge < -0.3 is 15.0 Å². The van der Waals surface area contributed by atoms with E-state index in [1.54, 1.807) is 7.11 Å². The number of halogens is 1. The molecule has 5 heteroatoms. The summed E-state index contributed by atoms with van der Waals surface area (Å²) in [6.45, 7) is 0.459. The van der Waals surface area contributed by atoms with E-state index in [-0.39, 0.29) is 11.8 Å². The Labute approximate surface area is 180 Å². The third kappa shape index (κ3) is 4.34. The number of para-hydroxylation sites is 1. The number of carbonyl (C=O) groups excluding carboxylic acids is 1. The Bertz CT molecular complexity index is 1150. The quantitative estimate of drug-likeness (QED) is 0.426. The average molecular weight is 419 g/mol. The van der Waals surface area contributed by atoms with Crippen molar-refractivity contribution in [1.29, 1.82) is 0 Å². The third-order valence-electron chi connectivity index (χ3n) is 5.30. The molecule has 152 valence electrons. The number of ether oxygens (including phenoxy) is 1. The fraction of sp³-hybridized carbons (Fsp3) is 0.160. The van der Waals surface area contributed by atoms with E-state index < -0.39 is 0 Å². The highest BCUT2D eigenvalue weighted by Crippen LogP contribution is 2.34. The minimum atomic E-state index is -0.0605. The van der Waals surface area contributed by atoms with Crippen molar-refractivity contribution in [3.8, 4) is 5.75 Å². The Kier molecular flexibility index (Phi) is 6.05. The number of hydrogen-bond donors (Lipinski definition) is 2. The predicted molar refractivity (Wildman–Crippen MR) is 121 cm³/mol. The maximum atomic E-state index is 12.6. The molecule has 0 fully saturated rings. The molecule has 30 heavy (non-hydrogen) atoms. The number of benzene rings is 3. The zero-order valence-electron chi connectivity index (χ0n) is 16.7. The van der Waals surface area contributed by atoms with Gasteiger partial charge in [0.05, 0.1) is 13.5 Å². The predicted octanol–water partition coefficient (Wildman–Crippen LogP) is 5.32. The van der Waals surface area contributed by atoms with Crippen molar-refractivity contribution in [2.24, 2.45) is 0 Å². The normalized spacial score (nSPS) is 11.9. The molecule has 0 saturated carbocycles. The van der Waals surface area contributed by atoms with Gasteiger partial charge in [-0.05, 0) is 41.0 Å². The number of fused-ring (bicyclic) bond motifs is 1. The maximum absolute atomic E-state index is 12.6. The summed E-state index contributed by atoms with van der Waals surface area (Å²) >= 11 is 6.53. The molecule has 0 aliphatic heterocycles. The summed E-state index contributed by atoms with van der Waals surface area (Å²) in [6, 6.07) is 23.5. The summed E-state index contributed by atoms with van der Waals surface area (Å²) < 4.78 is 5.17. The van der Waals surface area contributed by atoms with Crippen molar-refractivity contribution < 1.29 is 9.53 Å². The van der Waals surface area contributed by atoms with E-state index in [4.69, 9.17) is 16.3 Å². The Morgan fingerprint density at radius 3 is 2.50 bits per heavy atom. The lowest BCUT2D eigenvalue weighted by molar-refractivity contribution is -0.120. The van der Waals surface area contributed by atoms with E-state index in [0.717, 1.165) is 33.3 Å². The molecule has 0 aliphatic rings. The van der Waals surface area contributed by atoms with Crippen molar-refractivity contribution >= 4 is 28.4 Å². The summed E-state index contributed by atoms with van der Waals surface area (Å²) in [6.07, 6.45) is 2.32. The molecule has 0 bridgehead atoms. The molecule has 0 radical (unpaired) electrons. The van der Waals surface area contributed by atoms with Crippen molar-refractivity contribution in [1.82, 2.24) is 10.3 Å². The molecule has 4 rings (SSSR count). The van der Waals surface area contributed by atoms with Crippen LogP contribution in [0.15, 0.2) is 79.0 Å². The van der Waals surface area contributed by atoms with Gasteiger partial charge >= 0.3 is 0 Å². The summed E-state index contributed by atoms with van der Waals surface area (Å²) in [5.74, 6) is 0.684. The van der Waals surface area contributed by atoms with E-state index in [0.29, 0.717) is 18.0 Å². The Balaban J connectivity index is 1.56. The van der Waals surface area contributed by atoms with Crippen molar-refractivity contribution in [3.63, 3.8) is 0 Å². The molecule has 4 nitrogen and oxygen atoms in total. The van der Waals surface area contributed by atoms with Crippen molar-refractivity contribution in [2.75, 3.05) is 13.7 Å². The van der Waals surface area contributed by atoms with E-state index >= 15 is 0 Å². The fourth-order valence-electron chi connectivity index (χ4n) is 3.73. The average Bonchev–Trinajstić information content (AvgIpc) is 3.20. The van der Waals surface area contributed by atoms with Crippen LogP contribution < -0.4 is 10.1 Å². The topological polar surface area (TPSA) is 54.1 Å². The molecule has 0 spiro atoms. The van der Waals surface area contributed by atoms with Gasteiger partial charge in [-0.1, -0.05) is 60.1 Å². The maximum Gasteiger partial charge on any atom is 0.224 e. The van der Waals surface area contributed by atoms with Gasteiger partial charge in [0.2, 0.25) is 5.91 Å². The highest BCUT2D eigenvalue weighted by atomic mass is 35.5. The highest BCUT2D eigenvalue weighted by Gasteiger charge is 2.21. The number of hydrogen-bond acceptors (Lipinski definition) is 2. The SMILES string of the molecule is COc1ccc(CC(=O)NC[C@@H](c2ccccc2Cl)c2c[nH]c3ccccc23)cc1. The summed E-state index contributed by atoms with van der Waals surface area (Å²) in [7, 11) is 1.63. The molecule has 0 aliphatic carbocycles. The number of H-pyrrole nitrogens is 1. The van der Waals surface area contributed by atoms with Crippen LogP contribution in [0.1, 0.15) is 22.6 Å². The number of aromatic amines is 1. The lowest BCUT2D eigenvalue weighted by Gasteiger charge is -2.19. The number of amides is 1. The largest absolute Gasteiger partial charge is 0.497 e. The van der Waals surface area contributed by atoms with Gasteiger partial charge in [0.15, 0.2) is 0 Å². The number of methoxy groups -OCH3 is 1. The molecular weight excluding hydrogens is 396 g/mol. The molecule has 4 aromatic rings. The van der Waals surface area contributed by atoms with Gasteiger partial charge in [-0.2, -0.15) is 0 Å². The van der Waals surface area contributed by atoms with E-state index in [1.165, 1.54) is 0 Å². The van der Waals surface area contributed by atoms with Gasteiger partial charge in [0.1, 0.15) is 5.75 Å². The van der Waals surface area contributed by atoms with Crippen LogP contribution in [0.5, 0.6) is 5.75 Å². The van der Waals surface area contributed by atoms with Crippen LogP contribution in [0.3, 0.4) is 0 Å². The smallest absolute Gasteiger partial charge is 0.224 e. The summed E-state index contributed by atoms with van der Waals surface area (Å²) in [5, 5.41) is 4.92. The molecule has 1 heterocycles. The van der Waals surface area contributed by atoms with Crippen molar-refractivity contribution in [2.45, 2.75) is 12.3 Å². The van der Waals surface area contributed by atoms with Crippen LogP contribution >= 0.6 is 11.6 Å². The molecule has 0 unspecified atom stereocenters. The van der Waals surface area contributed by atoms with Gasteiger partial charge in [-0.15, -0.1) is 0 Å². The highest BCUT2D eigenvalue weighted by molar-refractivity contribution is 6.31. The first-order chi connectivity index (χ1) is 14.7. The monoisotopic (exact) mass is 418 g/mol. The standard InChI is InChI=1S/C25H23ClN2O2/c1-30-18-12-10-17(11-13-18)14-25(29)28-16-21(19-6-2-4-8-23(19)26)22-15-27-24-9-5-3-7-20(22)24/h2-13,15,21,27H,14,16H2,1H3,(H,28,29)/t21-/m0/s1. The summed E-state index contributed by atoms with van der Waals surface area (Å²) in [4.78, 5) is 16.0. The zero-order valence-corrected chi connectivity index (χ0v) is 17.4. The Morgan fingerprint density at radius 2 is 1.73 bits per heavy atom. The number of carbonyl (C=O) groups is 1. The second-order valence-electron chi connectivity index (χ2n) is 7.19. The molecule has 2 N–H and O–H groups in total. The Hall–Kier alpha value is -3.24. The van der Waals surface area contributed by atoms with Crippen LogP contribution in [0.4, 0.5) is 0 Å². The molecule has 3 aromatic carbocycles. The van der Waals surface area contributed by atoms with Gasteiger partial charge in [-0.3, -0.25) is 4.79 Å². The summed E-state index contributed by atoms with van der Waals surface area (Å²) in [5.41, 5.74) is 4.11. The number of aromatic nitrogens is 1. The third-order valence-corrected chi connectivity index (χ3v) is 5.65. The molecule has 1 atom stereocenters. The zero-order chi connectivity index (χ0) is 20.9. The Morgan fingerprint density at radius 1 is 1.00 bits per heavy atom. The van der Waals surface area contributed by atoms with Crippen LogP contribution in [0.2, 0.25) is 5.02 Å². The first-order valence-electron chi connectivity index (χ1n) is 9.86. The van der Waals surface area contributed by atoms with Crippen molar-refractivity contribution in [3.05, 3.63) is 101 Å². The van der Waals surface area contributed by atoms with E-state index in [9.17, 15) is 4.79 Å². The number of rotatable bonds is 7. The van der Waals surface area contributed by atoms with E-state index in [1.807, 2.05) is 72.9 Å². The van der Waals surface area contributed by atoms with Crippen LogP contribution in [0, 0.1) is 0 Å². The van der Waals surface area contributed by atoms with Gasteiger partial charge in [0, 0.05) is 34.6 Å². The molecule has 1 amide bonds. The minimum absolute atomic E-state index is 0.0305. The van der Waals surface area contributed by atoms with Crippen LogP contribution in [0.25, 0.3) is 10.9 Å². The fourth-order valence-corrected chi connectivity index (χ4v) is 4.00. The van der Waals surface area contributed by atoms with Gasteiger partial charge in [-0.25, -0.2) is 0 Å². The number of nitrogens with one attached hydrogen (secondary N) is 2.